The number of benzene rings is 2. The predicted molar refractivity (Wildman–Crippen MR) is 117 cm³/mol. The zero-order valence-corrected chi connectivity index (χ0v) is 19.0. The summed E-state index contributed by atoms with van der Waals surface area (Å²) in [5.74, 6) is -1.78. The third-order valence-electron chi connectivity index (χ3n) is 4.81. The molecule has 33 heavy (non-hydrogen) atoms. The van der Waals surface area contributed by atoms with Crippen molar-refractivity contribution in [1.82, 2.24) is 4.31 Å². The molecule has 0 atom stereocenters. The van der Waals surface area contributed by atoms with Gasteiger partial charge in [-0.15, -0.1) is 0 Å². The highest BCUT2D eigenvalue weighted by molar-refractivity contribution is 7.89. The van der Waals surface area contributed by atoms with Gasteiger partial charge in [-0.2, -0.15) is 4.31 Å². The van der Waals surface area contributed by atoms with Gasteiger partial charge in [0.25, 0.3) is 0 Å². The number of halogens is 2. The highest BCUT2D eigenvalue weighted by Gasteiger charge is 2.29. The average molecular weight is 485 g/mol. The standard InChI is InChI=1S/C22H26F2N2O6S/c1-2-31-20-8-6-17(15-21(20)33(28,29)26-9-12-30-13-10-26)25-22(27)4-3-11-32-19-7-5-16(23)14-18(19)24/h5-8,14-15H,2-4,9-13H2,1H3,(H,25,27). The highest BCUT2D eigenvalue weighted by Crippen LogP contribution is 2.30. The maximum atomic E-state index is 13.6. The van der Waals surface area contributed by atoms with E-state index in [1.807, 2.05) is 0 Å². The van der Waals surface area contributed by atoms with E-state index >= 15 is 0 Å². The van der Waals surface area contributed by atoms with E-state index in [0.29, 0.717) is 18.9 Å². The zero-order chi connectivity index (χ0) is 23.8. The third-order valence-corrected chi connectivity index (χ3v) is 6.73. The number of carbonyl (C=O) groups is 1. The van der Waals surface area contributed by atoms with Crippen LogP contribution in [0.15, 0.2) is 41.3 Å². The van der Waals surface area contributed by atoms with Gasteiger partial charge in [-0.1, -0.05) is 0 Å². The SMILES string of the molecule is CCOc1ccc(NC(=O)CCCOc2ccc(F)cc2F)cc1S(=O)(=O)N1CCOCC1. The van der Waals surface area contributed by atoms with Crippen molar-refractivity contribution in [2.75, 3.05) is 44.8 Å². The molecule has 1 aliphatic rings. The highest BCUT2D eigenvalue weighted by atomic mass is 32.2. The molecule has 0 aromatic heterocycles. The second kappa shape index (κ2) is 11.4. The number of morpholine rings is 1. The first kappa shape index (κ1) is 24.9. The zero-order valence-electron chi connectivity index (χ0n) is 18.2. The molecule has 1 fully saturated rings. The van der Waals surface area contributed by atoms with Gasteiger partial charge in [0.2, 0.25) is 15.9 Å². The summed E-state index contributed by atoms with van der Waals surface area (Å²) in [6, 6.07) is 7.42. The number of hydrogen-bond donors (Lipinski definition) is 1. The van der Waals surface area contributed by atoms with Crippen molar-refractivity contribution in [3.63, 3.8) is 0 Å². The first-order valence-corrected chi connectivity index (χ1v) is 12.0. The van der Waals surface area contributed by atoms with Crippen LogP contribution in [0.3, 0.4) is 0 Å². The predicted octanol–water partition coefficient (Wildman–Crippen LogP) is 3.18. The number of nitrogens with zero attached hydrogens (tertiary/aromatic N) is 1. The first-order chi connectivity index (χ1) is 15.8. The molecule has 0 aliphatic carbocycles. The summed E-state index contributed by atoms with van der Waals surface area (Å²) in [4.78, 5) is 12.3. The normalized spacial score (nSPS) is 14.6. The van der Waals surface area contributed by atoms with Crippen LogP contribution in [-0.2, 0) is 19.6 Å². The van der Waals surface area contributed by atoms with E-state index < -0.39 is 21.7 Å². The lowest BCUT2D eigenvalue weighted by molar-refractivity contribution is -0.116. The molecule has 2 aromatic carbocycles. The first-order valence-electron chi connectivity index (χ1n) is 10.5. The number of ether oxygens (including phenoxy) is 3. The molecule has 1 aliphatic heterocycles. The lowest BCUT2D eigenvalue weighted by Crippen LogP contribution is -2.40. The van der Waals surface area contributed by atoms with Crippen molar-refractivity contribution in [3.05, 3.63) is 48.0 Å². The van der Waals surface area contributed by atoms with E-state index in [1.54, 1.807) is 13.0 Å². The fraction of sp³-hybridized carbons (Fsp3) is 0.409. The summed E-state index contributed by atoms with van der Waals surface area (Å²) in [7, 11) is -3.84. The molecule has 11 heteroatoms. The number of sulfonamides is 1. The number of carbonyl (C=O) groups excluding carboxylic acids is 1. The molecule has 8 nitrogen and oxygen atoms in total. The minimum absolute atomic E-state index is 0.0285. The molecule has 0 saturated carbocycles. The number of nitrogens with one attached hydrogen (secondary N) is 1. The summed E-state index contributed by atoms with van der Waals surface area (Å²) in [5.41, 5.74) is 0.306. The van der Waals surface area contributed by atoms with Crippen LogP contribution in [0.5, 0.6) is 11.5 Å². The van der Waals surface area contributed by atoms with Crippen molar-refractivity contribution in [1.29, 1.82) is 0 Å². The summed E-state index contributed by atoms with van der Waals surface area (Å²) in [6.45, 7) is 3.17. The Morgan fingerprint density at radius 1 is 1.09 bits per heavy atom. The fourth-order valence-electron chi connectivity index (χ4n) is 3.22. The Morgan fingerprint density at radius 3 is 2.52 bits per heavy atom. The van der Waals surface area contributed by atoms with Crippen LogP contribution in [0.4, 0.5) is 14.5 Å². The summed E-state index contributed by atoms with van der Waals surface area (Å²) >= 11 is 0. The molecule has 2 aromatic rings. The van der Waals surface area contributed by atoms with Gasteiger partial charge in [0.05, 0.1) is 26.4 Å². The van der Waals surface area contributed by atoms with Crippen molar-refractivity contribution in [2.24, 2.45) is 0 Å². The molecule has 1 N–H and O–H groups in total. The van der Waals surface area contributed by atoms with Gasteiger partial charge in [0.15, 0.2) is 11.6 Å². The quantitative estimate of drug-likeness (QED) is 0.521. The van der Waals surface area contributed by atoms with E-state index in [0.717, 1.165) is 12.1 Å². The Labute approximate surface area is 191 Å². The molecule has 1 heterocycles. The van der Waals surface area contributed by atoms with Crippen LogP contribution in [0.25, 0.3) is 0 Å². The van der Waals surface area contributed by atoms with E-state index in [9.17, 15) is 22.0 Å². The van der Waals surface area contributed by atoms with Crippen molar-refractivity contribution in [2.45, 2.75) is 24.7 Å². The summed E-state index contributed by atoms with van der Waals surface area (Å²) < 4.78 is 70.0. The van der Waals surface area contributed by atoms with Gasteiger partial charge in [0.1, 0.15) is 16.5 Å². The molecule has 1 saturated heterocycles. The second-order valence-electron chi connectivity index (χ2n) is 7.19. The average Bonchev–Trinajstić information content (AvgIpc) is 2.79. The number of rotatable bonds is 10. The maximum Gasteiger partial charge on any atom is 0.246 e. The smallest absolute Gasteiger partial charge is 0.246 e. The molecule has 180 valence electrons. The van der Waals surface area contributed by atoms with E-state index in [-0.39, 0.29) is 61.4 Å². The van der Waals surface area contributed by atoms with Crippen LogP contribution in [0.1, 0.15) is 19.8 Å². The van der Waals surface area contributed by atoms with Crippen molar-refractivity contribution in [3.8, 4) is 11.5 Å². The van der Waals surface area contributed by atoms with E-state index in [2.05, 4.69) is 5.32 Å². The molecule has 1 amide bonds. The Balaban J connectivity index is 1.61. The minimum Gasteiger partial charge on any atom is -0.492 e. The van der Waals surface area contributed by atoms with Gasteiger partial charge in [-0.25, -0.2) is 17.2 Å². The Kier molecular flexibility index (Phi) is 8.59. The Morgan fingerprint density at radius 2 is 1.82 bits per heavy atom. The van der Waals surface area contributed by atoms with Crippen LogP contribution in [0, 0.1) is 11.6 Å². The van der Waals surface area contributed by atoms with Gasteiger partial charge in [-0.05, 0) is 43.7 Å². The van der Waals surface area contributed by atoms with Gasteiger partial charge >= 0.3 is 0 Å². The van der Waals surface area contributed by atoms with Crippen molar-refractivity contribution < 1.29 is 36.2 Å². The second-order valence-corrected chi connectivity index (χ2v) is 9.09. The van der Waals surface area contributed by atoms with Gasteiger partial charge in [0, 0.05) is 31.3 Å². The molecular weight excluding hydrogens is 458 g/mol. The number of hydrogen-bond acceptors (Lipinski definition) is 6. The molecular formula is C22H26F2N2O6S. The minimum atomic E-state index is -3.84. The van der Waals surface area contributed by atoms with Crippen LogP contribution < -0.4 is 14.8 Å². The van der Waals surface area contributed by atoms with Crippen LogP contribution >= 0.6 is 0 Å². The van der Waals surface area contributed by atoms with E-state index in [1.165, 1.54) is 22.5 Å². The lowest BCUT2D eigenvalue weighted by Gasteiger charge is -2.27. The van der Waals surface area contributed by atoms with Crippen LogP contribution in [0.2, 0.25) is 0 Å². The molecule has 0 spiro atoms. The fourth-order valence-corrected chi connectivity index (χ4v) is 4.78. The number of anilines is 1. The Hall–Kier alpha value is -2.76. The topological polar surface area (TPSA) is 94.2 Å². The maximum absolute atomic E-state index is 13.6. The van der Waals surface area contributed by atoms with Crippen LogP contribution in [-0.4, -0.2) is 58.1 Å². The Bertz CT molecular complexity index is 1070. The largest absolute Gasteiger partial charge is 0.492 e. The van der Waals surface area contributed by atoms with Gasteiger partial charge < -0.3 is 19.5 Å². The summed E-state index contributed by atoms with van der Waals surface area (Å²) in [5, 5.41) is 2.66. The monoisotopic (exact) mass is 484 g/mol. The molecule has 0 unspecified atom stereocenters. The number of amides is 1. The molecule has 3 rings (SSSR count). The molecule has 0 radical (unpaired) electrons. The third kappa shape index (κ3) is 6.62. The lowest BCUT2D eigenvalue weighted by atomic mass is 10.2. The van der Waals surface area contributed by atoms with E-state index in [4.69, 9.17) is 14.2 Å². The van der Waals surface area contributed by atoms with Crippen molar-refractivity contribution >= 4 is 21.6 Å². The molecule has 0 bridgehead atoms. The summed E-state index contributed by atoms with van der Waals surface area (Å²) in [6.07, 6.45) is 0.334. The van der Waals surface area contributed by atoms with Gasteiger partial charge in [-0.3, -0.25) is 4.79 Å².